The molecule has 138 valence electrons. The van der Waals surface area contributed by atoms with Gasteiger partial charge in [-0.2, -0.15) is 0 Å². The van der Waals surface area contributed by atoms with Crippen LogP contribution in [0.4, 0.5) is 30.6 Å². The van der Waals surface area contributed by atoms with E-state index in [9.17, 15) is 13.6 Å². The van der Waals surface area contributed by atoms with E-state index in [0.717, 1.165) is 23.5 Å². The molecular formula is C19H22F2N4O. The highest BCUT2D eigenvalue weighted by atomic mass is 19.1. The number of rotatable bonds is 3. The van der Waals surface area contributed by atoms with Crippen molar-refractivity contribution in [1.29, 1.82) is 0 Å². The van der Waals surface area contributed by atoms with Crippen LogP contribution < -0.4 is 15.1 Å². The molecule has 1 aliphatic rings. The molecule has 0 unspecified atom stereocenters. The van der Waals surface area contributed by atoms with E-state index in [1.807, 2.05) is 19.0 Å². The van der Waals surface area contributed by atoms with Crippen LogP contribution in [-0.4, -0.2) is 51.2 Å². The summed E-state index contributed by atoms with van der Waals surface area (Å²) in [5, 5.41) is 2.34. The Morgan fingerprint density at radius 2 is 1.54 bits per heavy atom. The topological polar surface area (TPSA) is 38.8 Å². The quantitative estimate of drug-likeness (QED) is 0.912. The van der Waals surface area contributed by atoms with Crippen molar-refractivity contribution in [3.8, 4) is 0 Å². The lowest BCUT2D eigenvalue weighted by Crippen LogP contribution is -2.50. The van der Waals surface area contributed by atoms with Crippen LogP contribution in [0.2, 0.25) is 0 Å². The van der Waals surface area contributed by atoms with E-state index in [1.54, 1.807) is 4.90 Å². The van der Waals surface area contributed by atoms with E-state index >= 15 is 0 Å². The Bertz CT molecular complexity index is 751. The number of nitrogens with one attached hydrogen (secondary N) is 1. The van der Waals surface area contributed by atoms with Crippen LogP contribution in [0.15, 0.2) is 42.5 Å². The standard InChI is InChI=1S/C19H22F2N4O/c1-23(2)14-6-8-15(9-7-14)24-10-12-25(13-11-24)19(26)22-18-16(20)4-3-5-17(18)21/h3-9H,10-13H2,1-2H3,(H,22,26). The molecule has 2 aromatic rings. The average Bonchev–Trinajstić information content (AvgIpc) is 2.65. The number of para-hydroxylation sites is 1. The minimum absolute atomic E-state index is 0.404. The third kappa shape index (κ3) is 3.87. The highest BCUT2D eigenvalue weighted by Gasteiger charge is 2.23. The number of hydrogen-bond donors (Lipinski definition) is 1. The maximum Gasteiger partial charge on any atom is 0.322 e. The van der Waals surface area contributed by atoms with Crippen molar-refractivity contribution in [2.75, 3.05) is 55.4 Å². The molecule has 0 atom stereocenters. The van der Waals surface area contributed by atoms with E-state index in [1.165, 1.54) is 6.07 Å². The molecule has 1 saturated heterocycles. The Kier molecular flexibility index (Phi) is 5.25. The Labute approximate surface area is 151 Å². The maximum atomic E-state index is 13.7. The minimum Gasteiger partial charge on any atom is -0.378 e. The molecule has 2 aromatic carbocycles. The van der Waals surface area contributed by atoms with Gasteiger partial charge in [0.2, 0.25) is 0 Å². The molecule has 0 bridgehead atoms. The number of amides is 2. The van der Waals surface area contributed by atoms with Crippen molar-refractivity contribution < 1.29 is 13.6 Å². The summed E-state index contributed by atoms with van der Waals surface area (Å²) in [5.74, 6) is -1.56. The van der Waals surface area contributed by atoms with Gasteiger partial charge in [0.05, 0.1) is 0 Å². The molecule has 0 spiro atoms. The van der Waals surface area contributed by atoms with Crippen LogP contribution in [-0.2, 0) is 0 Å². The smallest absolute Gasteiger partial charge is 0.322 e. The third-order valence-electron chi connectivity index (χ3n) is 4.49. The van der Waals surface area contributed by atoms with Crippen LogP contribution >= 0.6 is 0 Å². The number of anilines is 3. The molecular weight excluding hydrogens is 338 g/mol. The number of piperazine rings is 1. The zero-order valence-electron chi connectivity index (χ0n) is 14.9. The molecule has 2 amide bonds. The first kappa shape index (κ1) is 18.0. The summed E-state index contributed by atoms with van der Waals surface area (Å²) in [6, 6.07) is 11.2. The van der Waals surface area contributed by atoms with E-state index in [2.05, 4.69) is 34.5 Å². The zero-order valence-corrected chi connectivity index (χ0v) is 14.9. The number of benzene rings is 2. The SMILES string of the molecule is CN(C)c1ccc(N2CCN(C(=O)Nc3c(F)cccc3F)CC2)cc1. The largest absolute Gasteiger partial charge is 0.378 e. The summed E-state index contributed by atoms with van der Waals surface area (Å²) < 4.78 is 27.3. The van der Waals surface area contributed by atoms with Crippen molar-refractivity contribution in [3.63, 3.8) is 0 Å². The van der Waals surface area contributed by atoms with E-state index in [0.29, 0.717) is 26.2 Å². The van der Waals surface area contributed by atoms with Gasteiger partial charge in [-0.3, -0.25) is 0 Å². The number of urea groups is 1. The van der Waals surface area contributed by atoms with Gasteiger partial charge in [0.25, 0.3) is 0 Å². The van der Waals surface area contributed by atoms with Crippen molar-refractivity contribution in [1.82, 2.24) is 4.90 Å². The molecule has 7 heteroatoms. The van der Waals surface area contributed by atoms with Crippen LogP contribution in [0.3, 0.4) is 0 Å². The summed E-state index contributed by atoms with van der Waals surface area (Å²) in [7, 11) is 3.98. The van der Waals surface area contributed by atoms with Crippen molar-refractivity contribution in [2.45, 2.75) is 0 Å². The Morgan fingerprint density at radius 3 is 2.08 bits per heavy atom. The van der Waals surface area contributed by atoms with Gasteiger partial charge in [-0.25, -0.2) is 13.6 Å². The second kappa shape index (κ2) is 7.59. The van der Waals surface area contributed by atoms with Gasteiger partial charge in [0.1, 0.15) is 17.3 Å². The van der Waals surface area contributed by atoms with Gasteiger partial charge >= 0.3 is 6.03 Å². The fraction of sp³-hybridized carbons (Fsp3) is 0.316. The zero-order chi connectivity index (χ0) is 18.7. The number of carbonyl (C=O) groups is 1. The first-order valence-electron chi connectivity index (χ1n) is 8.48. The monoisotopic (exact) mass is 360 g/mol. The molecule has 1 fully saturated rings. The summed E-state index contributed by atoms with van der Waals surface area (Å²) in [6.45, 7) is 2.29. The third-order valence-corrected chi connectivity index (χ3v) is 4.49. The molecule has 1 heterocycles. The van der Waals surface area contributed by atoms with Crippen molar-refractivity contribution in [2.24, 2.45) is 0 Å². The minimum atomic E-state index is -0.780. The first-order chi connectivity index (χ1) is 12.5. The summed E-state index contributed by atoms with van der Waals surface area (Å²) in [5.41, 5.74) is 1.81. The van der Waals surface area contributed by atoms with Crippen molar-refractivity contribution in [3.05, 3.63) is 54.1 Å². The fourth-order valence-corrected chi connectivity index (χ4v) is 2.93. The van der Waals surface area contributed by atoms with Gasteiger partial charge in [-0.15, -0.1) is 0 Å². The maximum absolute atomic E-state index is 13.7. The molecule has 0 aliphatic carbocycles. The summed E-state index contributed by atoms with van der Waals surface area (Å²) in [4.78, 5) is 18.1. The highest BCUT2D eigenvalue weighted by Crippen LogP contribution is 2.22. The lowest BCUT2D eigenvalue weighted by molar-refractivity contribution is 0.208. The predicted octanol–water partition coefficient (Wildman–Crippen LogP) is 3.38. The van der Waals surface area contributed by atoms with Crippen molar-refractivity contribution >= 4 is 23.1 Å². The average molecular weight is 360 g/mol. The lowest BCUT2D eigenvalue weighted by atomic mass is 10.2. The van der Waals surface area contributed by atoms with Crippen LogP contribution in [0.25, 0.3) is 0 Å². The predicted molar refractivity (Wildman–Crippen MR) is 99.9 cm³/mol. The molecule has 1 N–H and O–H groups in total. The van der Waals surface area contributed by atoms with Crippen LogP contribution in [0, 0.1) is 11.6 Å². The molecule has 1 aliphatic heterocycles. The van der Waals surface area contributed by atoms with Crippen LogP contribution in [0.5, 0.6) is 0 Å². The molecule has 5 nitrogen and oxygen atoms in total. The molecule has 0 saturated carbocycles. The molecule has 3 rings (SSSR count). The molecule has 26 heavy (non-hydrogen) atoms. The number of carbonyl (C=O) groups excluding carboxylic acids is 1. The fourth-order valence-electron chi connectivity index (χ4n) is 2.93. The van der Waals surface area contributed by atoms with Gasteiger partial charge in [0, 0.05) is 51.6 Å². The van der Waals surface area contributed by atoms with Gasteiger partial charge < -0.3 is 20.0 Å². The van der Waals surface area contributed by atoms with E-state index in [4.69, 9.17) is 0 Å². The number of halogens is 2. The van der Waals surface area contributed by atoms with Gasteiger partial charge in [-0.1, -0.05) is 6.07 Å². The molecule has 0 aromatic heterocycles. The van der Waals surface area contributed by atoms with E-state index < -0.39 is 23.4 Å². The van der Waals surface area contributed by atoms with Gasteiger partial charge in [0.15, 0.2) is 0 Å². The Morgan fingerprint density at radius 1 is 0.962 bits per heavy atom. The summed E-state index contributed by atoms with van der Waals surface area (Å²) in [6.07, 6.45) is 0. The second-order valence-electron chi connectivity index (χ2n) is 6.41. The first-order valence-corrected chi connectivity index (χ1v) is 8.48. The van der Waals surface area contributed by atoms with E-state index in [-0.39, 0.29) is 0 Å². The second-order valence-corrected chi connectivity index (χ2v) is 6.41. The lowest BCUT2D eigenvalue weighted by Gasteiger charge is -2.36. The number of nitrogens with zero attached hydrogens (tertiary/aromatic N) is 3. The Hall–Kier alpha value is -2.83. The van der Waals surface area contributed by atoms with Crippen LogP contribution in [0.1, 0.15) is 0 Å². The Balaban J connectivity index is 1.58. The van der Waals surface area contributed by atoms with Gasteiger partial charge in [-0.05, 0) is 36.4 Å². The highest BCUT2D eigenvalue weighted by molar-refractivity contribution is 5.89. The molecule has 0 radical (unpaired) electrons. The number of hydrogen-bond acceptors (Lipinski definition) is 3. The summed E-state index contributed by atoms with van der Waals surface area (Å²) >= 11 is 0. The normalized spacial score (nSPS) is 14.3.